The molecule has 55 heavy (non-hydrogen) atoms. The number of carbonyl (C=O) groups excluding carboxylic acids is 2. The second-order valence-electron chi connectivity index (χ2n) is 12.4. The molecule has 0 radical (unpaired) electrons. The molecule has 274 valence electrons. The van der Waals surface area contributed by atoms with Crippen molar-refractivity contribution in [3.8, 4) is 11.4 Å². The fourth-order valence-corrected chi connectivity index (χ4v) is 6.65. The van der Waals surface area contributed by atoms with Crippen molar-refractivity contribution in [1.29, 1.82) is 0 Å². The molecule has 0 bridgehead atoms. The Morgan fingerprint density at radius 3 is 1.55 bits per heavy atom. The second kappa shape index (κ2) is 14.1. The van der Waals surface area contributed by atoms with Crippen molar-refractivity contribution in [2.75, 3.05) is 0 Å². The predicted octanol–water partition coefficient (Wildman–Crippen LogP) is 6.51. The number of benzene rings is 4. The summed E-state index contributed by atoms with van der Waals surface area (Å²) in [5.74, 6) is -2.20. The minimum atomic E-state index is -4.67. The van der Waals surface area contributed by atoms with Gasteiger partial charge in [-0.15, -0.1) is 0 Å². The topological polar surface area (TPSA) is 199 Å². The van der Waals surface area contributed by atoms with E-state index >= 15 is 0 Å². The molecule has 8 rings (SSSR count). The van der Waals surface area contributed by atoms with Crippen molar-refractivity contribution in [2.24, 2.45) is 32.9 Å². The Bertz CT molecular complexity index is 2850. The van der Waals surface area contributed by atoms with Crippen LogP contribution in [0.15, 0.2) is 132 Å². The zero-order valence-corrected chi connectivity index (χ0v) is 29.0. The van der Waals surface area contributed by atoms with Gasteiger partial charge in [0.25, 0.3) is 11.8 Å². The van der Waals surface area contributed by atoms with Crippen LogP contribution in [0.25, 0.3) is 55.0 Å². The first-order valence-electron chi connectivity index (χ1n) is 16.6. The highest BCUT2D eigenvalue weighted by Gasteiger charge is 2.35. The first kappa shape index (κ1) is 35.8. The van der Waals surface area contributed by atoms with Crippen molar-refractivity contribution in [2.45, 2.75) is 13.1 Å². The van der Waals surface area contributed by atoms with Crippen LogP contribution in [0.2, 0.25) is 0 Å². The highest BCUT2D eigenvalue weighted by Crippen LogP contribution is 2.39. The molecule has 0 atom stereocenters. The molecule has 2 amide bonds. The van der Waals surface area contributed by atoms with Crippen molar-refractivity contribution >= 4 is 67.3 Å². The number of hydrogen-bond donors (Lipinski definition) is 4. The number of para-hydroxylation sites is 2. The molecule has 0 aliphatic rings. The maximum atomic E-state index is 13.7. The third kappa shape index (κ3) is 6.77. The Hall–Kier alpha value is -7.55. The normalized spacial score (nSPS) is 11.3. The molecular formula is C40H31F3N10O2. The Morgan fingerprint density at radius 2 is 1.05 bits per heavy atom. The van der Waals surface area contributed by atoms with E-state index < -0.39 is 29.5 Å². The Kier molecular flexibility index (Phi) is 9.20. The van der Waals surface area contributed by atoms with Crippen LogP contribution in [0.3, 0.4) is 0 Å². The number of fused-ring (bicyclic) bond motifs is 4. The van der Waals surface area contributed by atoms with Gasteiger partial charge in [-0.05, 0) is 55.0 Å². The summed E-state index contributed by atoms with van der Waals surface area (Å²) in [6, 6.07) is 28.3. The molecule has 0 aliphatic carbocycles. The van der Waals surface area contributed by atoms with Crippen LogP contribution in [-0.4, -0.2) is 42.8 Å². The molecule has 0 saturated carbocycles. The van der Waals surface area contributed by atoms with Gasteiger partial charge in [-0.25, -0.2) is 0 Å². The first-order chi connectivity index (χ1) is 26.3. The standard InChI is InChI=1S/C20H14F3N5O.C20H17N5O/c21-20(22,23)13-5-3-7-16-17(13)12(18(29)27-19(24)25)10-28(16)15-8-9-26-14-6-2-1-4-11(14)15;1-12-5-4-8-17-18(12)14(19(26)24-20(21)22)11-25(17)16-9-10-23-15-7-3-2-6-13(15)16/h1-10H,(H4,24,25,27,29);2-11H,1H3,(H4,21,22,24,26). The number of aromatic nitrogens is 4. The fraction of sp³-hybridized carbons (Fsp3) is 0.0500. The molecule has 8 N–H and O–H groups in total. The molecule has 12 nitrogen and oxygen atoms in total. The van der Waals surface area contributed by atoms with E-state index in [4.69, 9.17) is 22.9 Å². The monoisotopic (exact) mass is 740 g/mol. The zero-order chi connectivity index (χ0) is 39.0. The number of nitrogens with two attached hydrogens (primary N) is 4. The van der Waals surface area contributed by atoms with Gasteiger partial charge in [0.05, 0.1) is 50.1 Å². The lowest BCUT2D eigenvalue weighted by molar-refractivity contribution is -0.136. The van der Waals surface area contributed by atoms with E-state index in [2.05, 4.69) is 20.0 Å². The first-order valence-corrected chi connectivity index (χ1v) is 16.6. The van der Waals surface area contributed by atoms with Crippen molar-refractivity contribution in [1.82, 2.24) is 19.1 Å². The average molecular weight is 741 g/mol. The summed E-state index contributed by atoms with van der Waals surface area (Å²) in [6.45, 7) is 1.96. The summed E-state index contributed by atoms with van der Waals surface area (Å²) >= 11 is 0. The minimum Gasteiger partial charge on any atom is -0.370 e. The van der Waals surface area contributed by atoms with E-state index in [-0.39, 0.29) is 22.4 Å². The summed E-state index contributed by atoms with van der Waals surface area (Å²) < 4.78 is 44.5. The van der Waals surface area contributed by atoms with Crippen LogP contribution in [0, 0.1) is 6.92 Å². The van der Waals surface area contributed by atoms with Gasteiger partial charge in [0.1, 0.15) is 0 Å². The average Bonchev–Trinajstić information content (AvgIpc) is 3.74. The number of guanidine groups is 2. The summed E-state index contributed by atoms with van der Waals surface area (Å²) in [5, 5.41) is 2.28. The number of nitrogens with zero attached hydrogens (tertiary/aromatic N) is 6. The molecule has 0 unspecified atom stereocenters. The molecule has 4 aromatic carbocycles. The van der Waals surface area contributed by atoms with E-state index in [1.165, 1.54) is 22.9 Å². The smallest absolute Gasteiger partial charge is 0.370 e. The van der Waals surface area contributed by atoms with Gasteiger partial charge in [0.15, 0.2) is 11.9 Å². The number of aryl methyl sites for hydroxylation is 1. The second-order valence-corrected chi connectivity index (χ2v) is 12.4. The number of hydrogen-bond acceptors (Lipinski definition) is 4. The van der Waals surface area contributed by atoms with Gasteiger partial charge in [-0.2, -0.15) is 23.2 Å². The Balaban J connectivity index is 0.000000170. The van der Waals surface area contributed by atoms with E-state index in [1.54, 1.807) is 42.9 Å². The van der Waals surface area contributed by atoms with Gasteiger partial charge in [0.2, 0.25) is 0 Å². The number of pyridine rings is 2. The molecule has 0 aliphatic heterocycles. The van der Waals surface area contributed by atoms with E-state index in [9.17, 15) is 22.8 Å². The Morgan fingerprint density at radius 1 is 0.600 bits per heavy atom. The highest BCUT2D eigenvalue weighted by molar-refractivity contribution is 6.13. The predicted molar refractivity (Wildman–Crippen MR) is 207 cm³/mol. The van der Waals surface area contributed by atoms with Gasteiger partial charge < -0.3 is 32.1 Å². The van der Waals surface area contributed by atoms with Gasteiger partial charge in [0, 0.05) is 46.3 Å². The molecule has 0 saturated heterocycles. The summed E-state index contributed by atoms with van der Waals surface area (Å²) in [6.07, 6.45) is 1.75. The zero-order valence-electron chi connectivity index (χ0n) is 29.0. The van der Waals surface area contributed by atoms with Crippen LogP contribution in [0.1, 0.15) is 31.8 Å². The van der Waals surface area contributed by atoms with E-state index in [0.717, 1.165) is 39.1 Å². The lowest BCUT2D eigenvalue weighted by atomic mass is 10.1. The molecule has 0 fully saturated rings. The van der Waals surface area contributed by atoms with Crippen LogP contribution in [0.4, 0.5) is 13.2 Å². The molecule has 4 aromatic heterocycles. The lowest BCUT2D eigenvalue weighted by Gasteiger charge is -2.11. The number of amides is 2. The SMILES string of the molecule is Cc1cccc2c1c(C(=O)N=C(N)N)cn2-c1ccnc2ccccc12.NC(N)=NC(=O)c1cn(-c2ccnc3ccccc23)c2cccc(C(F)(F)F)c12. The minimum absolute atomic E-state index is 0.199. The third-order valence-electron chi connectivity index (χ3n) is 8.87. The number of alkyl halides is 3. The fourth-order valence-electron chi connectivity index (χ4n) is 6.65. The Labute approximate surface area is 310 Å². The number of rotatable bonds is 4. The largest absolute Gasteiger partial charge is 0.417 e. The number of carbonyl (C=O) groups is 2. The van der Waals surface area contributed by atoms with Gasteiger partial charge >= 0.3 is 6.18 Å². The van der Waals surface area contributed by atoms with E-state index in [0.29, 0.717) is 22.2 Å². The van der Waals surface area contributed by atoms with Gasteiger partial charge in [-0.1, -0.05) is 54.6 Å². The number of halogens is 3. The highest BCUT2D eigenvalue weighted by atomic mass is 19.4. The van der Waals surface area contributed by atoms with Gasteiger partial charge in [-0.3, -0.25) is 19.6 Å². The van der Waals surface area contributed by atoms with Crippen molar-refractivity contribution in [3.05, 3.63) is 144 Å². The summed E-state index contributed by atoms with van der Waals surface area (Å²) in [4.78, 5) is 40.9. The third-order valence-corrected chi connectivity index (χ3v) is 8.87. The summed E-state index contributed by atoms with van der Waals surface area (Å²) in [5.41, 5.74) is 25.7. The number of aliphatic imine (C=N–C) groups is 2. The van der Waals surface area contributed by atoms with Crippen LogP contribution < -0.4 is 22.9 Å². The van der Waals surface area contributed by atoms with Crippen LogP contribution in [-0.2, 0) is 6.18 Å². The maximum Gasteiger partial charge on any atom is 0.417 e. The summed E-state index contributed by atoms with van der Waals surface area (Å²) in [7, 11) is 0. The molecule has 0 spiro atoms. The molecule has 8 aromatic rings. The van der Waals surface area contributed by atoms with Crippen molar-refractivity contribution < 1.29 is 22.8 Å². The maximum absolute atomic E-state index is 13.7. The van der Waals surface area contributed by atoms with Crippen molar-refractivity contribution in [3.63, 3.8) is 0 Å². The van der Waals surface area contributed by atoms with Crippen LogP contribution >= 0.6 is 0 Å². The molecule has 4 heterocycles. The van der Waals surface area contributed by atoms with Crippen LogP contribution in [0.5, 0.6) is 0 Å². The molecule has 15 heteroatoms. The lowest BCUT2D eigenvalue weighted by Crippen LogP contribution is -2.24. The quantitative estimate of drug-likeness (QED) is 0.116. The van der Waals surface area contributed by atoms with E-state index in [1.807, 2.05) is 66.1 Å². The molecular weight excluding hydrogens is 710 g/mol.